The van der Waals surface area contributed by atoms with Gasteiger partial charge in [0, 0.05) is 0 Å². The predicted molar refractivity (Wildman–Crippen MR) is 75.0 cm³/mol. The molecule has 1 aliphatic rings. The first-order valence-electron chi connectivity index (χ1n) is 5.06. The van der Waals surface area contributed by atoms with Crippen LogP contribution in [0.25, 0.3) is 0 Å². The van der Waals surface area contributed by atoms with Crippen LogP contribution in [0.2, 0.25) is 0 Å². The van der Waals surface area contributed by atoms with Gasteiger partial charge in [0.05, 0.1) is 5.92 Å². The van der Waals surface area contributed by atoms with Gasteiger partial charge >= 0.3 is 0 Å². The Balaban J connectivity index is 2.68. The van der Waals surface area contributed by atoms with Crippen LogP contribution in [-0.2, 0) is 4.79 Å². The number of carbonyl (C=O) groups is 1. The molecule has 0 aliphatic heterocycles. The van der Waals surface area contributed by atoms with E-state index in [9.17, 15) is 9.90 Å². The zero-order chi connectivity index (χ0) is 14.3. The number of carbonyl (C=O) groups excluding carboxylic acids is 1. The molecule has 0 radical (unpaired) electrons. The Hall–Kier alpha value is 0.620. The number of hydrogen-bond donors (Lipinski definition) is 2. The van der Waals surface area contributed by atoms with Gasteiger partial charge in [0.1, 0.15) is 4.49 Å². The van der Waals surface area contributed by atoms with E-state index in [1.807, 2.05) is 13.8 Å². The minimum Gasteiger partial charge on any atom is -0.369 e. The number of hydrogen-bond acceptors (Lipinski definition) is 2. The van der Waals surface area contributed by atoms with E-state index >= 15 is 0 Å². The van der Waals surface area contributed by atoms with E-state index in [0.717, 1.165) is 0 Å². The number of alkyl halides is 3. The SMILES string of the molecule is CC1(C)[C@H](C=C(Cl)Cl)[C@@H]1C(=O)N[C@H](O)C(Cl)(Cl)Cl. The largest absolute Gasteiger partial charge is 0.369 e. The number of amides is 1. The van der Waals surface area contributed by atoms with Gasteiger partial charge in [0.2, 0.25) is 9.70 Å². The molecule has 3 nitrogen and oxygen atoms in total. The third kappa shape index (κ3) is 3.81. The van der Waals surface area contributed by atoms with Crippen molar-refractivity contribution in [2.45, 2.75) is 23.9 Å². The van der Waals surface area contributed by atoms with E-state index in [-0.39, 0.29) is 21.7 Å². The summed E-state index contributed by atoms with van der Waals surface area (Å²) >= 11 is 27.5. The highest BCUT2D eigenvalue weighted by Crippen LogP contribution is 2.59. The summed E-state index contributed by atoms with van der Waals surface area (Å²) in [6.07, 6.45) is 0.0252. The van der Waals surface area contributed by atoms with Crippen molar-refractivity contribution in [2.24, 2.45) is 17.3 Å². The molecule has 8 heteroatoms. The van der Waals surface area contributed by atoms with Gasteiger partial charge in [-0.25, -0.2) is 0 Å². The highest BCUT2D eigenvalue weighted by atomic mass is 35.6. The van der Waals surface area contributed by atoms with Gasteiger partial charge < -0.3 is 10.4 Å². The van der Waals surface area contributed by atoms with Crippen LogP contribution in [0.5, 0.6) is 0 Å². The maximum atomic E-state index is 11.9. The summed E-state index contributed by atoms with van der Waals surface area (Å²) in [6, 6.07) is 0. The number of halogens is 5. The Morgan fingerprint density at radius 1 is 1.39 bits per heavy atom. The van der Waals surface area contributed by atoms with Crippen LogP contribution in [0.4, 0.5) is 0 Å². The van der Waals surface area contributed by atoms with Crippen molar-refractivity contribution in [3.05, 3.63) is 10.6 Å². The predicted octanol–water partition coefficient (Wildman–Crippen LogP) is 3.38. The molecule has 0 aromatic carbocycles. The molecule has 0 bridgehead atoms. The fraction of sp³-hybridized carbons (Fsp3) is 0.700. The normalized spacial score (nSPS) is 27.3. The van der Waals surface area contributed by atoms with E-state index in [0.29, 0.717) is 0 Å². The van der Waals surface area contributed by atoms with E-state index in [1.165, 1.54) is 0 Å². The van der Waals surface area contributed by atoms with Gasteiger partial charge in [0.15, 0.2) is 6.23 Å². The maximum Gasteiger partial charge on any atom is 0.234 e. The molecule has 1 amide bonds. The van der Waals surface area contributed by atoms with Gasteiger partial charge in [-0.2, -0.15) is 0 Å². The molecule has 1 saturated carbocycles. The lowest BCUT2D eigenvalue weighted by Gasteiger charge is -2.20. The van der Waals surface area contributed by atoms with Gasteiger partial charge in [-0.3, -0.25) is 4.79 Å². The number of rotatable bonds is 3. The Labute approximate surface area is 130 Å². The van der Waals surface area contributed by atoms with E-state index < -0.39 is 15.9 Å². The van der Waals surface area contributed by atoms with Crippen LogP contribution in [-0.4, -0.2) is 21.0 Å². The average molecular weight is 355 g/mol. The van der Waals surface area contributed by atoms with E-state index in [2.05, 4.69) is 5.32 Å². The summed E-state index contributed by atoms with van der Waals surface area (Å²) in [5, 5.41) is 11.7. The quantitative estimate of drug-likeness (QED) is 0.602. The molecular formula is C10H12Cl5NO2. The van der Waals surface area contributed by atoms with Crippen molar-refractivity contribution in [1.29, 1.82) is 0 Å². The maximum absolute atomic E-state index is 11.9. The fourth-order valence-electron chi connectivity index (χ4n) is 1.93. The zero-order valence-corrected chi connectivity index (χ0v) is 13.3. The Morgan fingerprint density at radius 3 is 2.28 bits per heavy atom. The third-order valence-electron chi connectivity index (χ3n) is 3.09. The minimum atomic E-state index is -1.97. The van der Waals surface area contributed by atoms with Crippen LogP contribution in [0.15, 0.2) is 10.6 Å². The smallest absolute Gasteiger partial charge is 0.234 e. The summed E-state index contributed by atoms with van der Waals surface area (Å²) in [4.78, 5) is 11.9. The van der Waals surface area contributed by atoms with E-state index in [4.69, 9.17) is 58.0 Å². The molecule has 18 heavy (non-hydrogen) atoms. The standard InChI is InChI=1S/C10H12Cl5NO2/c1-9(2)4(3-5(11)12)6(9)7(17)16-8(18)10(13,14)15/h3-4,6,8,18H,1-2H3,(H,16,17)/t4-,6-,8-/m1/s1. The molecule has 2 N–H and O–H groups in total. The number of aliphatic hydroxyl groups is 1. The van der Waals surface area contributed by atoms with Crippen molar-refractivity contribution in [3.63, 3.8) is 0 Å². The lowest BCUT2D eigenvalue weighted by atomic mass is 10.1. The lowest BCUT2D eigenvalue weighted by molar-refractivity contribution is -0.126. The topological polar surface area (TPSA) is 49.3 Å². The highest BCUT2D eigenvalue weighted by molar-refractivity contribution is 6.68. The summed E-state index contributed by atoms with van der Waals surface area (Å²) in [5.74, 6) is -0.883. The molecule has 1 rings (SSSR count). The number of allylic oxidation sites excluding steroid dienone is 1. The molecule has 0 heterocycles. The Morgan fingerprint density at radius 2 is 1.89 bits per heavy atom. The molecule has 0 aromatic rings. The first kappa shape index (κ1) is 16.7. The summed E-state index contributed by atoms with van der Waals surface area (Å²) in [6.45, 7) is 3.77. The van der Waals surface area contributed by atoms with Gasteiger partial charge in [-0.05, 0) is 17.4 Å². The van der Waals surface area contributed by atoms with Crippen molar-refractivity contribution in [1.82, 2.24) is 5.32 Å². The van der Waals surface area contributed by atoms with Crippen LogP contribution in [0, 0.1) is 17.3 Å². The second-order valence-electron chi connectivity index (χ2n) is 4.73. The second-order valence-corrected chi connectivity index (χ2v) is 8.11. The molecule has 0 saturated heterocycles. The van der Waals surface area contributed by atoms with Crippen LogP contribution >= 0.6 is 58.0 Å². The molecule has 1 aliphatic carbocycles. The zero-order valence-electron chi connectivity index (χ0n) is 9.55. The monoisotopic (exact) mass is 353 g/mol. The molecule has 1 fully saturated rings. The number of aliphatic hydroxyl groups excluding tert-OH is 1. The first-order chi connectivity index (χ1) is 7.98. The van der Waals surface area contributed by atoms with Crippen molar-refractivity contribution in [2.75, 3.05) is 0 Å². The summed E-state index contributed by atoms with van der Waals surface area (Å²) < 4.78 is -1.87. The fourth-order valence-corrected chi connectivity index (χ4v) is 2.37. The van der Waals surface area contributed by atoms with Crippen LogP contribution < -0.4 is 5.32 Å². The summed E-state index contributed by atoms with van der Waals surface area (Å²) in [5.41, 5.74) is -0.299. The van der Waals surface area contributed by atoms with Crippen molar-refractivity contribution < 1.29 is 9.90 Å². The second kappa shape index (κ2) is 5.55. The van der Waals surface area contributed by atoms with Crippen LogP contribution in [0.3, 0.4) is 0 Å². The molecule has 3 atom stereocenters. The van der Waals surface area contributed by atoms with Crippen molar-refractivity contribution >= 4 is 63.9 Å². The molecule has 104 valence electrons. The highest BCUT2D eigenvalue weighted by Gasteiger charge is 2.61. The third-order valence-corrected chi connectivity index (χ3v) is 3.96. The minimum absolute atomic E-state index is 0.102. The molecule has 0 spiro atoms. The van der Waals surface area contributed by atoms with E-state index in [1.54, 1.807) is 6.08 Å². The van der Waals surface area contributed by atoms with Gasteiger partial charge in [-0.1, -0.05) is 71.9 Å². The summed E-state index contributed by atoms with van der Waals surface area (Å²) in [7, 11) is 0. The number of nitrogens with one attached hydrogen (secondary N) is 1. The molecule has 0 unspecified atom stereocenters. The molecule has 0 aromatic heterocycles. The Kier molecular flexibility index (Phi) is 5.14. The lowest BCUT2D eigenvalue weighted by Crippen LogP contribution is -2.44. The Bertz CT molecular complexity index is 373. The van der Waals surface area contributed by atoms with Gasteiger partial charge in [-0.15, -0.1) is 0 Å². The molecular weight excluding hydrogens is 343 g/mol. The average Bonchev–Trinajstić information content (AvgIpc) is 2.64. The van der Waals surface area contributed by atoms with Gasteiger partial charge in [0.25, 0.3) is 0 Å². The first-order valence-corrected chi connectivity index (χ1v) is 6.95. The van der Waals surface area contributed by atoms with Crippen LogP contribution in [0.1, 0.15) is 13.8 Å². The van der Waals surface area contributed by atoms with Crippen molar-refractivity contribution in [3.8, 4) is 0 Å².